The molecule has 27 heavy (non-hydrogen) atoms. The number of aromatic amines is 1. The normalized spacial score (nSPS) is 12.2. The van der Waals surface area contributed by atoms with Crippen LogP contribution in [0.5, 0.6) is 0 Å². The number of hydrogen-bond donors (Lipinski definition) is 2. The average molecular weight is 378 g/mol. The third-order valence-electron chi connectivity index (χ3n) is 4.71. The summed E-state index contributed by atoms with van der Waals surface area (Å²) in [6.07, 6.45) is 6.31. The van der Waals surface area contributed by atoms with Crippen LogP contribution in [0.3, 0.4) is 0 Å². The summed E-state index contributed by atoms with van der Waals surface area (Å²) in [5, 5.41) is 4.84. The number of aromatic nitrogens is 2. The summed E-state index contributed by atoms with van der Waals surface area (Å²) in [6, 6.07) is 19.6. The summed E-state index contributed by atoms with van der Waals surface area (Å²) < 4.78 is 2.09. The first-order valence-electron chi connectivity index (χ1n) is 8.90. The Bertz CT molecular complexity index is 1040. The van der Waals surface area contributed by atoms with Gasteiger partial charge in [-0.3, -0.25) is 4.79 Å². The van der Waals surface area contributed by atoms with E-state index in [-0.39, 0.29) is 11.8 Å². The summed E-state index contributed by atoms with van der Waals surface area (Å²) >= 11 is 6.02. The highest BCUT2D eigenvalue weighted by atomic mass is 35.5. The quantitative estimate of drug-likeness (QED) is 0.462. The molecule has 4 aromatic rings. The van der Waals surface area contributed by atoms with E-state index in [1.807, 2.05) is 79.3 Å². The summed E-state index contributed by atoms with van der Waals surface area (Å²) in [5.41, 5.74) is 2.91. The van der Waals surface area contributed by atoms with Crippen LogP contribution in [0, 0.1) is 0 Å². The Hall–Kier alpha value is -2.98. The van der Waals surface area contributed by atoms with E-state index < -0.39 is 0 Å². The predicted octanol–water partition coefficient (Wildman–Crippen LogP) is 5.44. The van der Waals surface area contributed by atoms with Gasteiger partial charge in [0.15, 0.2) is 0 Å². The number of anilines is 1. The van der Waals surface area contributed by atoms with E-state index in [4.69, 9.17) is 11.6 Å². The highest BCUT2D eigenvalue weighted by Gasteiger charge is 2.17. The molecule has 4 rings (SSSR count). The number of halogens is 1. The van der Waals surface area contributed by atoms with Crippen molar-refractivity contribution in [1.82, 2.24) is 9.55 Å². The Morgan fingerprint density at radius 2 is 1.85 bits per heavy atom. The number of benzene rings is 2. The predicted molar refractivity (Wildman–Crippen MR) is 110 cm³/mol. The SMILES string of the molecule is O=C(C[C@H](Cn1cccc1)c1ccc(Cl)cc1)Nc1ccc2cc[nH]c2c1. The van der Waals surface area contributed by atoms with Crippen molar-refractivity contribution in [3.05, 3.63) is 89.8 Å². The molecule has 2 heterocycles. The van der Waals surface area contributed by atoms with Crippen LogP contribution in [0.2, 0.25) is 5.02 Å². The molecule has 0 aliphatic rings. The molecule has 0 fully saturated rings. The van der Waals surface area contributed by atoms with Crippen molar-refractivity contribution in [1.29, 1.82) is 0 Å². The molecule has 0 saturated carbocycles. The van der Waals surface area contributed by atoms with Crippen LogP contribution in [0.1, 0.15) is 17.9 Å². The summed E-state index contributed by atoms with van der Waals surface area (Å²) in [4.78, 5) is 15.9. The third kappa shape index (κ3) is 4.23. The van der Waals surface area contributed by atoms with Gasteiger partial charge in [0, 0.05) is 53.7 Å². The van der Waals surface area contributed by atoms with Crippen molar-refractivity contribution in [2.24, 2.45) is 0 Å². The van der Waals surface area contributed by atoms with Gasteiger partial charge in [-0.2, -0.15) is 0 Å². The molecule has 0 unspecified atom stereocenters. The molecule has 0 saturated heterocycles. The van der Waals surface area contributed by atoms with E-state index in [1.54, 1.807) is 0 Å². The lowest BCUT2D eigenvalue weighted by Gasteiger charge is -2.18. The number of nitrogens with zero attached hydrogens (tertiary/aromatic N) is 1. The molecule has 2 N–H and O–H groups in total. The Kier molecular flexibility index (Phi) is 4.99. The maximum Gasteiger partial charge on any atom is 0.225 e. The lowest BCUT2D eigenvalue weighted by molar-refractivity contribution is -0.116. The zero-order valence-corrected chi connectivity index (χ0v) is 15.5. The van der Waals surface area contributed by atoms with Gasteiger partial charge < -0.3 is 14.9 Å². The minimum absolute atomic E-state index is 0.00647. The smallest absolute Gasteiger partial charge is 0.225 e. The van der Waals surface area contributed by atoms with E-state index in [9.17, 15) is 4.79 Å². The first-order valence-corrected chi connectivity index (χ1v) is 9.28. The summed E-state index contributed by atoms with van der Waals surface area (Å²) in [7, 11) is 0. The number of carbonyl (C=O) groups excluding carboxylic acids is 1. The number of nitrogens with one attached hydrogen (secondary N) is 2. The number of carbonyl (C=O) groups is 1. The van der Waals surface area contributed by atoms with Crippen LogP contribution >= 0.6 is 11.6 Å². The monoisotopic (exact) mass is 377 g/mol. The number of amides is 1. The maximum absolute atomic E-state index is 12.7. The third-order valence-corrected chi connectivity index (χ3v) is 4.96. The second kappa shape index (κ2) is 7.72. The van der Waals surface area contributed by atoms with Crippen LogP contribution in [0.15, 0.2) is 79.3 Å². The van der Waals surface area contributed by atoms with Crippen molar-refractivity contribution < 1.29 is 4.79 Å². The molecule has 1 amide bonds. The molecule has 2 aromatic heterocycles. The van der Waals surface area contributed by atoms with E-state index in [1.165, 1.54) is 0 Å². The molecule has 2 aromatic carbocycles. The second-order valence-corrected chi connectivity index (χ2v) is 7.10. The van der Waals surface area contributed by atoms with Gasteiger partial charge in [0.2, 0.25) is 5.91 Å². The van der Waals surface area contributed by atoms with Gasteiger partial charge in [-0.1, -0.05) is 29.8 Å². The van der Waals surface area contributed by atoms with Crippen molar-refractivity contribution in [3.63, 3.8) is 0 Å². The highest BCUT2D eigenvalue weighted by molar-refractivity contribution is 6.30. The minimum atomic E-state index is -0.00647. The summed E-state index contributed by atoms with van der Waals surface area (Å²) in [6.45, 7) is 0.734. The Balaban J connectivity index is 1.50. The van der Waals surface area contributed by atoms with Gasteiger partial charge in [-0.25, -0.2) is 0 Å². The van der Waals surface area contributed by atoms with E-state index in [0.29, 0.717) is 11.4 Å². The molecule has 0 aliphatic carbocycles. The Labute approximate surface area is 162 Å². The second-order valence-electron chi connectivity index (χ2n) is 6.66. The Morgan fingerprint density at radius 3 is 2.63 bits per heavy atom. The van der Waals surface area contributed by atoms with Gasteiger partial charge >= 0.3 is 0 Å². The molecule has 1 atom stereocenters. The lowest BCUT2D eigenvalue weighted by Crippen LogP contribution is -2.18. The largest absolute Gasteiger partial charge is 0.361 e. The number of hydrogen-bond acceptors (Lipinski definition) is 1. The highest BCUT2D eigenvalue weighted by Crippen LogP contribution is 2.25. The van der Waals surface area contributed by atoms with Crippen LogP contribution in [0.4, 0.5) is 5.69 Å². The summed E-state index contributed by atoms with van der Waals surface area (Å²) in [5.74, 6) is 0.0527. The maximum atomic E-state index is 12.7. The fraction of sp³-hybridized carbons (Fsp3) is 0.136. The zero-order chi connectivity index (χ0) is 18.6. The standard InChI is InChI=1S/C22H20ClN3O/c23-19-6-3-16(4-7-19)18(15-26-11-1-2-12-26)13-22(27)25-20-8-5-17-9-10-24-21(17)14-20/h1-12,14,18,24H,13,15H2,(H,25,27)/t18-/m1/s1. The molecular weight excluding hydrogens is 358 g/mol. The first-order chi connectivity index (χ1) is 13.2. The minimum Gasteiger partial charge on any atom is -0.361 e. The fourth-order valence-electron chi connectivity index (χ4n) is 3.33. The molecule has 0 spiro atoms. The molecule has 0 aliphatic heterocycles. The van der Waals surface area contributed by atoms with Crippen molar-refractivity contribution in [2.45, 2.75) is 18.9 Å². The van der Waals surface area contributed by atoms with E-state index in [2.05, 4.69) is 14.9 Å². The number of fused-ring (bicyclic) bond motifs is 1. The van der Waals surface area contributed by atoms with Gasteiger partial charge in [0.1, 0.15) is 0 Å². The lowest BCUT2D eigenvalue weighted by atomic mass is 9.95. The van der Waals surface area contributed by atoms with Crippen LogP contribution < -0.4 is 5.32 Å². The fourth-order valence-corrected chi connectivity index (χ4v) is 3.46. The first kappa shape index (κ1) is 17.4. The molecular formula is C22H20ClN3O. The van der Waals surface area contributed by atoms with E-state index in [0.717, 1.165) is 28.7 Å². The number of rotatable bonds is 6. The van der Waals surface area contributed by atoms with Gasteiger partial charge in [0.25, 0.3) is 0 Å². The Morgan fingerprint density at radius 1 is 1.07 bits per heavy atom. The van der Waals surface area contributed by atoms with Gasteiger partial charge in [0.05, 0.1) is 0 Å². The topological polar surface area (TPSA) is 49.8 Å². The van der Waals surface area contributed by atoms with Crippen LogP contribution in [0.25, 0.3) is 10.9 Å². The average Bonchev–Trinajstić information content (AvgIpc) is 3.33. The van der Waals surface area contributed by atoms with Gasteiger partial charge in [-0.05, 0) is 53.4 Å². The molecule has 5 heteroatoms. The molecule has 136 valence electrons. The zero-order valence-electron chi connectivity index (χ0n) is 14.7. The van der Waals surface area contributed by atoms with Gasteiger partial charge in [-0.15, -0.1) is 0 Å². The van der Waals surface area contributed by atoms with Crippen LogP contribution in [-0.2, 0) is 11.3 Å². The molecule has 4 nitrogen and oxygen atoms in total. The van der Waals surface area contributed by atoms with Crippen molar-refractivity contribution in [3.8, 4) is 0 Å². The van der Waals surface area contributed by atoms with Crippen molar-refractivity contribution in [2.75, 3.05) is 5.32 Å². The van der Waals surface area contributed by atoms with E-state index >= 15 is 0 Å². The number of H-pyrrole nitrogens is 1. The van der Waals surface area contributed by atoms with Crippen molar-refractivity contribution >= 4 is 34.1 Å². The van der Waals surface area contributed by atoms with Crippen LogP contribution in [-0.4, -0.2) is 15.5 Å². The molecule has 0 bridgehead atoms. The molecule has 0 radical (unpaired) electrons.